The predicted molar refractivity (Wildman–Crippen MR) is 104 cm³/mol. The van der Waals surface area contributed by atoms with Gasteiger partial charge in [-0.3, -0.25) is 4.79 Å². The summed E-state index contributed by atoms with van der Waals surface area (Å²) in [5.41, 5.74) is 1.30. The van der Waals surface area contributed by atoms with Crippen LogP contribution in [0.2, 0.25) is 5.02 Å². The van der Waals surface area contributed by atoms with Crippen molar-refractivity contribution in [1.82, 2.24) is 10.1 Å². The van der Waals surface area contributed by atoms with Crippen molar-refractivity contribution in [3.05, 3.63) is 52.9 Å². The molecule has 0 N–H and O–H groups in total. The van der Waals surface area contributed by atoms with E-state index in [4.69, 9.17) is 35.1 Å². The number of aromatic nitrogens is 2. The van der Waals surface area contributed by atoms with Crippen molar-refractivity contribution in [1.29, 1.82) is 0 Å². The molecular formula is C20H19ClN2O6. The molecular weight excluding hydrogens is 400 g/mol. The van der Waals surface area contributed by atoms with Crippen molar-refractivity contribution in [3.8, 4) is 28.6 Å². The van der Waals surface area contributed by atoms with Crippen LogP contribution in [0, 0.1) is 0 Å². The standard InChI is InChI=1S/C20H19ClN2O6/c1-25-15-7-5-14(21)8-13(15)10-19(24)28-11-18-22-20(23-29-18)12-4-6-16(26-2)17(9-12)27-3/h4-9H,10-11H2,1-3H3. The minimum Gasteiger partial charge on any atom is -0.496 e. The summed E-state index contributed by atoms with van der Waals surface area (Å²) in [5.74, 6) is 1.72. The van der Waals surface area contributed by atoms with E-state index >= 15 is 0 Å². The number of rotatable bonds is 8. The molecule has 0 aliphatic carbocycles. The highest BCUT2D eigenvalue weighted by Crippen LogP contribution is 2.31. The number of esters is 1. The summed E-state index contributed by atoms with van der Waals surface area (Å²) in [5, 5.41) is 4.41. The highest BCUT2D eigenvalue weighted by molar-refractivity contribution is 6.30. The lowest BCUT2D eigenvalue weighted by molar-refractivity contribution is -0.144. The summed E-state index contributed by atoms with van der Waals surface area (Å²) >= 11 is 5.97. The van der Waals surface area contributed by atoms with Gasteiger partial charge in [0, 0.05) is 16.1 Å². The van der Waals surface area contributed by atoms with Gasteiger partial charge in [0.2, 0.25) is 5.82 Å². The lowest BCUT2D eigenvalue weighted by atomic mass is 10.1. The molecule has 0 radical (unpaired) electrons. The topological polar surface area (TPSA) is 92.9 Å². The Morgan fingerprint density at radius 3 is 2.45 bits per heavy atom. The van der Waals surface area contributed by atoms with E-state index in [1.807, 2.05) is 0 Å². The highest BCUT2D eigenvalue weighted by atomic mass is 35.5. The molecule has 1 heterocycles. The van der Waals surface area contributed by atoms with Crippen molar-refractivity contribution in [3.63, 3.8) is 0 Å². The van der Waals surface area contributed by atoms with Gasteiger partial charge in [-0.15, -0.1) is 0 Å². The Morgan fingerprint density at radius 1 is 1.00 bits per heavy atom. The number of carbonyl (C=O) groups is 1. The van der Waals surface area contributed by atoms with E-state index in [9.17, 15) is 4.79 Å². The average molecular weight is 419 g/mol. The van der Waals surface area contributed by atoms with Crippen LogP contribution >= 0.6 is 11.6 Å². The van der Waals surface area contributed by atoms with E-state index in [0.29, 0.717) is 39.2 Å². The summed E-state index contributed by atoms with van der Waals surface area (Å²) < 4.78 is 26.1. The van der Waals surface area contributed by atoms with Gasteiger partial charge in [-0.25, -0.2) is 0 Å². The Balaban J connectivity index is 1.64. The zero-order valence-corrected chi connectivity index (χ0v) is 16.9. The third-order valence-corrected chi connectivity index (χ3v) is 4.28. The molecule has 29 heavy (non-hydrogen) atoms. The van der Waals surface area contributed by atoms with Gasteiger partial charge in [0.05, 0.1) is 27.8 Å². The van der Waals surface area contributed by atoms with Crippen molar-refractivity contribution in [2.75, 3.05) is 21.3 Å². The molecule has 0 bridgehead atoms. The Kier molecular flexibility index (Phi) is 6.56. The number of hydrogen-bond acceptors (Lipinski definition) is 8. The maximum atomic E-state index is 12.2. The molecule has 0 amide bonds. The molecule has 0 aliphatic rings. The molecule has 2 aromatic carbocycles. The molecule has 3 rings (SSSR count). The van der Waals surface area contributed by atoms with Gasteiger partial charge in [-0.2, -0.15) is 4.98 Å². The van der Waals surface area contributed by atoms with Gasteiger partial charge in [-0.1, -0.05) is 16.8 Å². The van der Waals surface area contributed by atoms with Crippen LogP contribution in [0.3, 0.4) is 0 Å². The van der Waals surface area contributed by atoms with E-state index in [1.54, 1.807) is 43.5 Å². The first kappa shape index (κ1) is 20.5. The van der Waals surface area contributed by atoms with Gasteiger partial charge in [0.15, 0.2) is 18.1 Å². The van der Waals surface area contributed by atoms with E-state index in [-0.39, 0.29) is 18.9 Å². The molecule has 152 valence electrons. The van der Waals surface area contributed by atoms with E-state index in [0.717, 1.165) is 0 Å². The van der Waals surface area contributed by atoms with Crippen LogP contribution in [-0.2, 0) is 22.6 Å². The largest absolute Gasteiger partial charge is 0.496 e. The van der Waals surface area contributed by atoms with Gasteiger partial charge >= 0.3 is 5.97 Å². The lowest BCUT2D eigenvalue weighted by Crippen LogP contribution is -2.09. The average Bonchev–Trinajstić information content (AvgIpc) is 3.21. The Morgan fingerprint density at radius 2 is 1.72 bits per heavy atom. The summed E-state index contributed by atoms with van der Waals surface area (Å²) in [6.45, 7) is -0.151. The van der Waals surface area contributed by atoms with Gasteiger partial charge in [0.1, 0.15) is 5.75 Å². The fraction of sp³-hybridized carbons (Fsp3) is 0.250. The van der Waals surface area contributed by atoms with Crippen molar-refractivity contribution in [2.45, 2.75) is 13.0 Å². The van der Waals surface area contributed by atoms with Crippen molar-refractivity contribution >= 4 is 17.6 Å². The summed E-state index contributed by atoms with van der Waals surface area (Å²) in [4.78, 5) is 16.4. The van der Waals surface area contributed by atoms with E-state index < -0.39 is 5.97 Å². The number of carbonyl (C=O) groups excluding carboxylic acids is 1. The third-order valence-electron chi connectivity index (χ3n) is 4.04. The minimum absolute atomic E-state index is 0.000403. The number of hydrogen-bond donors (Lipinski definition) is 0. The quantitative estimate of drug-likeness (QED) is 0.511. The Hall–Kier alpha value is -3.26. The molecule has 0 aliphatic heterocycles. The molecule has 0 fully saturated rings. The van der Waals surface area contributed by atoms with Crippen molar-refractivity contribution < 1.29 is 28.3 Å². The molecule has 3 aromatic rings. The molecule has 0 saturated carbocycles. The number of ether oxygens (including phenoxy) is 4. The van der Waals surface area contributed by atoms with Crippen LogP contribution in [-0.4, -0.2) is 37.4 Å². The summed E-state index contributed by atoms with van der Waals surface area (Å²) in [7, 11) is 4.61. The molecule has 8 nitrogen and oxygen atoms in total. The number of nitrogens with zero attached hydrogens (tertiary/aromatic N) is 2. The first-order chi connectivity index (χ1) is 14.0. The summed E-state index contributed by atoms with van der Waals surface area (Å²) in [6, 6.07) is 10.3. The van der Waals surface area contributed by atoms with Gasteiger partial charge < -0.3 is 23.5 Å². The second kappa shape index (κ2) is 9.29. The smallest absolute Gasteiger partial charge is 0.310 e. The van der Waals surface area contributed by atoms with Crippen LogP contribution in [0.1, 0.15) is 11.5 Å². The summed E-state index contributed by atoms with van der Waals surface area (Å²) in [6.07, 6.45) is 0.000403. The maximum Gasteiger partial charge on any atom is 0.310 e. The normalized spacial score (nSPS) is 10.5. The van der Waals surface area contributed by atoms with Crippen LogP contribution < -0.4 is 14.2 Å². The number of methoxy groups -OCH3 is 3. The third kappa shape index (κ3) is 4.97. The van der Waals surface area contributed by atoms with Crippen LogP contribution in [0.25, 0.3) is 11.4 Å². The molecule has 0 unspecified atom stereocenters. The van der Waals surface area contributed by atoms with Crippen molar-refractivity contribution in [2.24, 2.45) is 0 Å². The van der Waals surface area contributed by atoms with Crippen LogP contribution in [0.4, 0.5) is 0 Å². The first-order valence-electron chi connectivity index (χ1n) is 8.57. The second-order valence-corrected chi connectivity index (χ2v) is 6.31. The van der Waals surface area contributed by atoms with E-state index in [2.05, 4.69) is 10.1 Å². The predicted octanol–water partition coefficient (Wildman–Crippen LogP) is 3.70. The minimum atomic E-state index is -0.476. The van der Waals surface area contributed by atoms with Crippen LogP contribution in [0.5, 0.6) is 17.2 Å². The molecule has 9 heteroatoms. The molecule has 0 saturated heterocycles. The second-order valence-electron chi connectivity index (χ2n) is 5.88. The monoisotopic (exact) mass is 418 g/mol. The van der Waals surface area contributed by atoms with Crippen LogP contribution in [0.15, 0.2) is 40.9 Å². The fourth-order valence-electron chi connectivity index (χ4n) is 2.64. The molecule has 0 atom stereocenters. The van der Waals surface area contributed by atoms with Gasteiger partial charge in [0.25, 0.3) is 5.89 Å². The zero-order chi connectivity index (χ0) is 20.8. The zero-order valence-electron chi connectivity index (χ0n) is 16.1. The Bertz CT molecular complexity index is 1000. The number of benzene rings is 2. The SMILES string of the molecule is COc1ccc(Cl)cc1CC(=O)OCc1nc(-c2ccc(OC)c(OC)c2)no1. The van der Waals surface area contributed by atoms with E-state index in [1.165, 1.54) is 14.2 Å². The Labute approximate surface area is 172 Å². The number of halogens is 1. The molecule has 1 aromatic heterocycles. The first-order valence-corrected chi connectivity index (χ1v) is 8.95. The fourth-order valence-corrected chi connectivity index (χ4v) is 2.83. The maximum absolute atomic E-state index is 12.2. The van der Waals surface area contributed by atoms with Gasteiger partial charge in [-0.05, 0) is 36.4 Å². The molecule has 0 spiro atoms. The lowest BCUT2D eigenvalue weighted by Gasteiger charge is -2.08. The highest BCUT2D eigenvalue weighted by Gasteiger charge is 2.15.